The second-order valence-electron chi connectivity index (χ2n) is 4.86. The maximum Gasteiger partial charge on any atom is 0.0594 e. The average molecular weight is 247 g/mol. The van der Waals surface area contributed by atoms with Crippen molar-refractivity contribution in [3.63, 3.8) is 0 Å². The summed E-state index contributed by atoms with van der Waals surface area (Å²) >= 11 is 5.96. The van der Waals surface area contributed by atoms with E-state index in [1.165, 1.54) is 19.3 Å². The number of alkyl halides is 1. The monoisotopic (exact) mass is 246 g/mol. The Morgan fingerprint density at radius 3 is 2.81 bits per heavy atom. The number of nitrogens with one attached hydrogen (secondary N) is 1. The van der Waals surface area contributed by atoms with Gasteiger partial charge in [0.15, 0.2) is 0 Å². The topological polar surface area (TPSA) is 24.5 Å². The molecule has 1 aliphatic heterocycles. The summed E-state index contributed by atoms with van der Waals surface area (Å²) < 4.78 is 5.33. The summed E-state index contributed by atoms with van der Waals surface area (Å²) in [5.74, 6) is 1.52. The lowest BCUT2D eigenvalue weighted by molar-refractivity contribution is 0.0380. The summed E-state index contributed by atoms with van der Waals surface area (Å²) in [5, 5.41) is 3.66. The molecular weight excluding hydrogens is 224 g/mol. The molecule has 1 aliphatic carbocycles. The van der Waals surface area contributed by atoms with Crippen LogP contribution in [0.15, 0.2) is 0 Å². The molecule has 4 heteroatoms. The van der Waals surface area contributed by atoms with Crippen LogP contribution in [0.5, 0.6) is 0 Å². The van der Waals surface area contributed by atoms with Crippen molar-refractivity contribution in [2.75, 3.05) is 45.3 Å². The summed E-state index contributed by atoms with van der Waals surface area (Å²) in [4.78, 5) is 2.47. The van der Waals surface area contributed by atoms with Gasteiger partial charge in [0, 0.05) is 38.1 Å². The molecule has 1 N–H and O–H groups in total. The van der Waals surface area contributed by atoms with Crippen LogP contribution in [0.25, 0.3) is 0 Å². The summed E-state index contributed by atoms with van der Waals surface area (Å²) in [5.41, 5.74) is 0. The van der Waals surface area contributed by atoms with Crippen molar-refractivity contribution in [2.45, 2.75) is 25.3 Å². The third-order valence-electron chi connectivity index (χ3n) is 3.80. The van der Waals surface area contributed by atoms with Gasteiger partial charge in [0.1, 0.15) is 0 Å². The molecule has 2 aliphatic rings. The van der Waals surface area contributed by atoms with Gasteiger partial charge in [0.25, 0.3) is 0 Å². The molecule has 0 bridgehead atoms. The van der Waals surface area contributed by atoms with Gasteiger partial charge in [-0.15, -0.1) is 11.6 Å². The van der Waals surface area contributed by atoms with Crippen LogP contribution >= 0.6 is 11.6 Å². The highest BCUT2D eigenvalue weighted by molar-refractivity contribution is 6.18. The largest absolute Gasteiger partial charge is 0.379 e. The van der Waals surface area contributed by atoms with Crippen molar-refractivity contribution >= 4 is 11.6 Å². The third kappa shape index (κ3) is 3.59. The summed E-state index contributed by atoms with van der Waals surface area (Å²) in [6, 6.07) is 0.665. The molecule has 1 heterocycles. The van der Waals surface area contributed by atoms with Crippen molar-refractivity contribution in [3.8, 4) is 0 Å². The zero-order chi connectivity index (χ0) is 11.2. The molecule has 2 fully saturated rings. The highest BCUT2D eigenvalue weighted by atomic mass is 35.5. The highest BCUT2D eigenvalue weighted by Gasteiger charge is 2.25. The molecule has 0 aromatic heterocycles. The van der Waals surface area contributed by atoms with Crippen LogP contribution < -0.4 is 5.32 Å². The summed E-state index contributed by atoms with van der Waals surface area (Å²) in [6.07, 6.45) is 3.95. The van der Waals surface area contributed by atoms with Gasteiger partial charge < -0.3 is 10.1 Å². The molecule has 2 unspecified atom stereocenters. The molecule has 2 atom stereocenters. The van der Waals surface area contributed by atoms with Gasteiger partial charge in [-0.25, -0.2) is 0 Å². The fraction of sp³-hybridized carbons (Fsp3) is 1.00. The van der Waals surface area contributed by atoms with Crippen LogP contribution in [0.2, 0.25) is 0 Å². The smallest absolute Gasteiger partial charge is 0.0594 e. The summed E-state index contributed by atoms with van der Waals surface area (Å²) in [6.45, 7) is 6.21. The first-order chi connectivity index (χ1) is 7.90. The van der Waals surface area contributed by atoms with E-state index in [0.717, 1.165) is 45.3 Å². The number of halogens is 1. The maximum atomic E-state index is 5.96. The number of hydrogen-bond acceptors (Lipinski definition) is 3. The first-order valence-electron chi connectivity index (χ1n) is 6.49. The van der Waals surface area contributed by atoms with E-state index in [4.69, 9.17) is 16.3 Å². The second-order valence-corrected chi connectivity index (χ2v) is 5.17. The lowest BCUT2D eigenvalue weighted by Crippen LogP contribution is -2.43. The van der Waals surface area contributed by atoms with Crippen molar-refractivity contribution < 1.29 is 4.74 Å². The minimum atomic E-state index is 0.665. The van der Waals surface area contributed by atoms with Crippen LogP contribution in [-0.4, -0.2) is 56.2 Å². The van der Waals surface area contributed by atoms with Crippen LogP contribution in [0, 0.1) is 5.92 Å². The minimum Gasteiger partial charge on any atom is -0.379 e. The molecule has 0 radical (unpaired) electrons. The first kappa shape index (κ1) is 12.6. The quantitative estimate of drug-likeness (QED) is 0.741. The molecular formula is C12H23ClN2O. The summed E-state index contributed by atoms with van der Waals surface area (Å²) in [7, 11) is 0. The Bertz CT molecular complexity index is 197. The van der Waals surface area contributed by atoms with E-state index in [1.807, 2.05) is 0 Å². The number of hydrogen-bond donors (Lipinski definition) is 1. The molecule has 2 rings (SSSR count). The predicted octanol–water partition coefficient (Wildman–Crippen LogP) is 1.32. The van der Waals surface area contributed by atoms with Gasteiger partial charge in [0.05, 0.1) is 13.2 Å². The third-order valence-corrected chi connectivity index (χ3v) is 4.19. The standard InChI is InChI=1S/C12H23ClN2O/c13-10-11-2-1-3-12(11)14-4-5-15-6-8-16-9-7-15/h11-12,14H,1-10H2. The molecule has 1 saturated carbocycles. The second kappa shape index (κ2) is 6.80. The number of nitrogens with zero attached hydrogens (tertiary/aromatic N) is 1. The first-order valence-corrected chi connectivity index (χ1v) is 7.03. The lowest BCUT2D eigenvalue weighted by atomic mass is 10.1. The van der Waals surface area contributed by atoms with E-state index < -0.39 is 0 Å². The van der Waals surface area contributed by atoms with E-state index in [-0.39, 0.29) is 0 Å². The predicted molar refractivity (Wildman–Crippen MR) is 67.1 cm³/mol. The van der Waals surface area contributed by atoms with Gasteiger partial charge in [-0.2, -0.15) is 0 Å². The Labute approximate surface area is 103 Å². The minimum absolute atomic E-state index is 0.665. The molecule has 0 amide bonds. The van der Waals surface area contributed by atoms with E-state index in [1.54, 1.807) is 0 Å². The Balaban J connectivity index is 1.59. The molecule has 3 nitrogen and oxygen atoms in total. The number of morpholine rings is 1. The molecule has 0 spiro atoms. The van der Waals surface area contributed by atoms with E-state index in [2.05, 4.69) is 10.2 Å². The zero-order valence-electron chi connectivity index (χ0n) is 9.96. The van der Waals surface area contributed by atoms with Crippen molar-refractivity contribution in [2.24, 2.45) is 5.92 Å². The average Bonchev–Trinajstić information content (AvgIpc) is 2.78. The van der Waals surface area contributed by atoms with Crippen molar-refractivity contribution in [1.82, 2.24) is 10.2 Å². The SMILES string of the molecule is ClCC1CCCC1NCCN1CCOCC1. The molecule has 94 valence electrons. The molecule has 0 aromatic rings. The highest BCUT2D eigenvalue weighted by Crippen LogP contribution is 2.26. The molecule has 16 heavy (non-hydrogen) atoms. The van der Waals surface area contributed by atoms with Gasteiger partial charge in [-0.3, -0.25) is 4.90 Å². The number of rotatable bonds is 5. The Kier molecular flexibility index (Phi) is 5.36. The van der Waals surface area contributed by atoms with Gasteiger partial charge in [-0.05, 0) is 18.8 Å². The van der Waals surface area contributed by atoms with Crippen molar-refractivity contribution in [1.29, 1.82) is 0 Å². The fourth-order valence-electron chi connectivity index (χ4n) is 2.72. The van der Waals surface area contributed by atoms with E-state index in [9.17, 15) is 0 Å². The normalized spacial score (nSPS) is 32.1. The van der Waals surface area contributed by atoms with E-state index >= 15 is 0 Å². The Hall–Kier alpha value is 0.170. The van der Waals surface area contributed by atoms with Gasteiger partial charge in [0.2, 0.25) is 0 Å². The van der Waals surface area contributed by atoms with Crippen LogP contribution in [-0.2, 0) is 4.74 Å². The fourth-order valence-corrected chi connectivity index (χ4v) is 3.09. The lowest BCUT2D eigenvalue weighted by Gasteiger charge is -2.27. The Morgan fingerprint density at radius 1 is 1.25 bits per heavy atom. The zero-order valence-corrected chi connectivity index (χ0v) is 10.7. The van der Waals surface area contributed by atoms with Crippen LogP contribution in [0.1, 0.15) is 19.3 Å². The van der Waals surface area contributed by atoms with Crippen LogP contribution in [0.3, 0.4) is 0 Å². The molecule has 1 saturated heterocycles. The van der Waals surface area contributed by atoms with Gasteiger partial charge >= 0.3 is 0 Å². The Morgan fingerprint density at radius 2 is 2.06 bits per heavy atom. The number of ether oxygens (including phenoxy) is 1. The van der Waals surface area contributed by atoms with Crippen molar-refractivity contribution in [3.05, 3.63) is 0 Å². The van der Waals surface area contributed by atoms with Gasteiger partial charge in [-0.1, -0.05) is 6.42 Å². The van der Waals surface area contributed by atoms with E-state index in [0.29, 0.717) is 12.0 Å². The molecule has 0 aromatic carbocycles. The van der Waals surface area contributed by atoms with Crippen LogP contribution in [0.4, 0.5) is 0 Å². The maximum absolute atomic E-state index is 5.96.